The second-order valence-electron chi connectivity index (χ2n) is 10.2. The third-order valence-corrected chi connectivity index (χ3v) is 7.54. The van der Waals surface area contributed by atoms with Gasteiger partial charge in [0, 0.05) is 44.6 Å². The minimum absolute atomic E-state index is 0.152. The lowest BCUT2D eigenvalue weighted by atomic mass is 9.88. The van der Waals surface area contributed by atoms with Crippen molar-refractivity contribution in [2.45, 2.75) is 65.1 Å². The molecule has 5 rings (SSSR count). The first-order valence-electron chi connectivity index (χ1n) is 12.9. The van der Waals surface area contributed by atoms with Gasteiger partial charge in [-0.25, -0.2) is 9.07 Å². The van der Waals surface area contributed by atoms with Gasteiger partial charge in [0.1, 0.15) is 5.82 Å². The molecule has 0 saturated heterocycles. The van der Waals surface area contributed by atoms with Gasteiger partial charge < -0.3 is 4.90 Å². The molecule has 1 fully saturated rings. The van der Waals surface area contributed by atoms with E-state index in [0.717, 1.165) is 68.7 Å². The van der Waals surface area contributed by atoms with Gasteiger partial charge in [0.05, 0.1) is 23.6 Å². The first-order valence-corrected chi connectivity index (χ1v) is 12.9. The SMILES string of the molecule is Cc1ccc(-n2nc(CN(C)C(=O)C3CCCCC3)c3c2CCN(Cc2ccc(F)cc2)C3)cc1. The van der Waals surface area contributed by atoms with Crippen LogP contribution in [0.4, 0.5) is 4.39 Å². The molecule has 0 atom stereocenters. The second kappa shape index (κ2) is 10.3. The Morgan fingerprint density at radius 2 is 1.77 bits per heavy atom. The summed E-state index contributed by atoms with van der Waals surface area (Å²) in [7, 11) is 1.92. The van der Waals surface area contributed by atoms with Crippen LogP contribution in [-0.2, 0) is 30.8 Å². The van der Waals surface area contributed by atoms with Crippen molar-refractivity contribution < 1.29 is 9.18 Å². The number of carbonyl (C=O) groups is 1. The van der Waals surface area contributed by atoms with Crippen LogP contribution in [-0.4, -0.2) is 39.1 Å². The standard InChI is InChI=1S/C29H35FN4O/c1-21-8-14-25(15-9-21)34-28-16-17-33(18-22-10-12-24(30)13-11-22)19-26(28)27(31-34)20-32(2)29(35)23-6-4-3-5-7-23/h8-15,23H,3-7,16-20H2,1-2H3. The molecule has 0 bridgehead atoms. The van der Waals surface area contributed by atoms with Crippen LogP contribution in [0, 0.1) is 18.7 Å². The molecule has 1 amide bonds. The van der Waals surface area contributed by atoms with E-state index < -0.39 is 0 Å². The number of fused-ring (bicyclic) bond motifs is 1. The zero-order valence-electron chi connectivity index (χ0n) is 20.8. The van der Waals surface area contributed by atoms with Gasteiger partial charge in [-0.2, -0.15) is 5.10 Å². The molecule has 2 heterocycles. The van der Waals surface area contributed by atoms with Crippen LogP contribution in [0.5, 0.6) is 0 Å². The molecule has 6 heteroatoms. The van der Waals surface area contributed by atoms with E-state index in [2.05, 4.69) is 40.8 Å². The highest BCUT2D eigenvalue weighted by molar-refractivity contribution is 5.78. The summed E-state index contributed by atoms with van der Waals surface area (Å²) in [4.78, 5) is 17.4. The van der Waals surface area contributed by atoms with Crippen LogP contribution in [0.2, 0.25) is 0 Å². The summed E-state index contributed by atoms with van der Waals surface area (Å²) in [5, 5.41) is 5.06. The lowest BCUT2D eigenvalue weighted by Gasteiger charge is -2.29. The average Bonchev–Trinajstić information content (AvgIpc) is 3.23. The van der Waals surface area contributed by atoms with Gasteiger partial charge in [-0.1, -0.05) is 49.1 Å². The van der Waals surface area contributed by atoms with Crippen molar-refractivity contribution in [1.29, 1.82) is 0 Å². The number of rotatable bonds is 6. The Labute approximate surface area is 207 Å². The van der Waals surface area contributed by atoms with Crippen molar-refractivity contribution in [2.24, 2.45) is 5.92 Å². The normalized spacial score (nSPS) is 16.8. The van der Waals surface area contributed by atoms with Crippen LogP contribution in [0.15, 0.2) is 48.5 Å². The van der Waals surface area contributed by atoms with Crippen LogP contribution < -0.4 is 0 Å². The summed E-state index contributed by atoms with van der Waals surface area (Å²) in [6, 6.07) is 15.2. The van der Waals surface area contributed by atoms with E-state index in [1.54, 1.807) is 0 Å². The number of hydrogen-bond acceptors (Lipinski definition) is 3. The van der Waals surface area contributed by atoms with Crippen LogP contribution in [0.25, 0.3) is 5.69 Å². The van der Waals surface area contributed by atoms with Gasteiger partial charge in [0.2, 0.25) is 5.91 Å². The molecule has 0 spiro atoms. The average molecular weight is 475 g/mol. The van der Waals surface area contributed by atoms with Gasteiger partial charge in [0.25, 0.3) is 0 Å². The van der Waals surface area contributed by atoms with Crippen LogP contribution >= 0.6 is 0 Å². The summed E-state index contributed by atoms with van der Waals surface area (Å²) >= 11 is 0. The Morgan fingerprint density at radius 3 is 2.49 bits per heavy atom. The Balaban J connectivity index is 1.41. The maximum absolute atomic E-state index is 13.4. The number of halogens is 1. The maximum Gasteiger partial charge on any atom is 0.225 e. The molecule has 1 saturated carbocycles. The Morgan fingerprint density at radius 1 is 1.06 bits per heavy atom. The first kappa shape index (κ1) is 23.7. The Hall–Kier alpha value is -2.99. The lowest BCUT2D eigenvalue weighted by Crippen LogP contribution is -2.34. The zero-order valence-corrected chi connectivity index (χ0v) is 20.8. The van der Waals surface area contributed by atoms with Gasteiger partial charge in [-0.05, 0) is 49.6 Å². The van der Waals surface area contributed by atoms with Gasteiger partial charge in [0.15, 0.2) is 0 Å². The highest BCUT2D eigenvalue weighted by atomic mass is 19.1. The first-order chi connectivity index (χ1) is 17.0. The fourth-order valence-electron chi connectivity index (χ4n) is 5.52. The number of carbonyl (C=O) groups excluding carboxylic acids is 1. The number of hydrogen-bond donors (Lipinski definition) is 0. The summed E-state index contributed by atoms with van der Waals surface area (Å²) in [6.45, 7) is 5.08. The van der Waals surface area contributed by atoms with Gasteiger partial charge >= 0.3 is 0 Å². The molecule has 2 aromatic carbocycles. The molecule has 35 heavy (non-hydrogen) atoms. The van der Waals surface area contributed by atoms with Crippen molar-refractivity contribution in [3.63, 3.8) is 0 Å². The van der Waals surface area contributed by atoms with Crippen molar-refractivity contribution >= 4 is 5.91 Å². The van der Waals surface area contributed by atoms with Gasteiger partial charge in [-0.15, -0.1) is 0 Å². The molecule has 3 aromatic rings. The number of amides is 1. The molecule has 1 aliphatic heterocycles. The summed E-state index contributed by atoms with van der Waals surface area (Å²) in [6.07, 6.45) is 6.44. The molecule has 0 radical (unpaired) electrons. The van der Waals surface area contributed by atoms with E-state index in [1.807, 2.05) is 24.1 Å². The topological polar surface area (TPSA) is 41.4 Å². The zero-order chi connectivity index (χ0) is 24.4. The van der Waals surface area contributed by atoms with Crippen molar-refractivity contribution in [2.75, 3.05) is 13.6 Å². The van der Waals surface area contributed by atoms with E-state index in [4.69, 9.17) is 5.10 Å². The monoisotopic (exact) mass is 474 g/mol. The molecular weight excluding hydrogens is 439 g/mol. The van der Waals surface area contributed by atoms with E-state index in [9.17, 15) is 9.18 Å². The van der Waals surface area contributed by atoms with Crippen molar-refractivity contribution in [3.05, 3.63) is 82.4 Å². The largest absolute Gasteiger partial charge is 0.340 e. The quantitative estimate of drug-likeness (QED) is 0.479. The molecule has 0 N–H and O–H groups in total. The van der Waals surface area contributed by atoms with Crippen LogP contribution in [0.1, 0.15) is 60.2 Å². The number of nitrogens with zero attached hydrogens (tertiary/aromatic N) is 4. The van der Waals surface area contributed by atoms with E-state index >= 15 is 0 Å². The summed E-state index contributed by atoms with van der Waals surface area (Å²) in [5.41, 5.74) is 6.83. The highest BCUT2D eigenvalue weighted by Gasteiger charge is 2.29. The Bertz CT molecular complexity index is 1160. The van der Waals surface area contributed by atoms with Gasteiger partial charge in [-0.3, -0.25) is 9.69 Å². The predicted molar refractivity (Wildman–Crippen MR) is 136 cm³/mol. The molecule has 5 nitrogen and oxygen atoms in total. The van der Waals surface area contributed by atoms with Crippen molar-refractivity contribution in [3.8, 4) is 5.69 Å². The molecule has 1 aromatic heterocycles. The predicted octanol–water partition coefficient (Wildman–Crippen LogP) is 5.42. The third-order valence-electron chi connectivity index (χ3n) is 7.54. The highest BCUT2D eigenvalue weighted by Crippen LogP contribution is 2.29. The van der Waals surface area contributed by atoms with E-state index in [0.29, 0.717) is 6.54 Å². The van der Waals surface area contributed by atoms with E-state index in [1.165, 1.54) is 35.4 Å². The fraction of sp³-hybridized carbons (Fsp3) is 0.448. The third kappa shape index (κ3) is 5.32. The number of aromatic nitrogens is 2. The maximum atomic E-state index is 13.4. The molecule has 0 unspecified atom stereocenters. The minimum atomic E-state index is -0.206. The molecule has 1 aliphatic carbocycles. The second-order valence-corrected chi connectivity index (χ2v) is 10.2. The molecular formula is C29H35FN4O. The molecule has 184 valence electrons. The lowest BCUT2D eigenvalue weighted by molar-refractivity contribution is -0.135. The number of benzene rings is 2. The van der Waals surface area contributed by atoms with Crippen LogP contribution in [0.3, 0.4) is 0 Å². The fourth-order valence-corrected chi connectivity index (χ4v) is 5.52. The number of aryl methyl sites for hydroxylation is 1. The minimum Gasteiger partial charge on any atom is -0.340 e. The summed E-state index contributed by atoms with van der Waals surface area (Å²) < 4.78 is 15.5. The smallest absolute Gasteiger partial charge is 0.225 e. The van der Waals surface area contributed by atoms with E-state index in [-0.39, 0.29) is 17.6 Å². The van der Waals surface area contributed by atoms with Crippen molar-refractivity contribution in [1.82, 2.24) is 19.6 Å². The molecule has 2 aliphatic rings. The Kier molecular flexibility index (Phi) is 7.00. The summed E-state index contributed by atoms with van der Waals surface area (Å²) in [5.74, 6) is 0.197.